The standard InChI is InChI=1S/2C15H18N2O2S.I5/c2*1-10-8-11(2)15(12(3)9-10)20(18,19)17-14-7-5-6-13(4)16-14;1-3-5-4-2/h2*5-9H,1-4H3,(H,16,17);/q;;-1/p+1. The number of aryl methyl sites for hydroxylation is 8. The van der Waals surface area contributed by atoms with Gasteiger partial charge < -0.3 is 0 Å². The maximum atomic E-state index is 12.5. The Labute approximate surface area is 312 Å². The second kappa shape index (κ2) is 19.2. The van der Waals surface area contributed by atoms with Crippen LogP contribution in [-0.4, -0.2) is 26.8 Å². The van der Waals surface area contributed by atoms with Gasteiger partial charge >= 0.3 is 78.4 Å². The van der Waals surface area contributed by atoms with Crippen molar-refractivity contribution in [3.8, 4) is 0 Å². The Morgan fingerprint density at radius 2 is 0.911 bits per heavy atom. The van der Waals surface area contributed by atoms with E-state index < -0.39 is 20.0 Å². The van der Waals surface area contributed by atoms with Gasteiger partial charge in [-0.1, -0.05) is 47.5 Å². The molecular weight excluding hydrogens is 1180 g/mol. The Morgan fingerprint density at radius 3 is 1.16 bits per heavy atom. The normalized spacial score (nSPS) is 11.2. The zero-order valence-corrected chi connectivity index (χ0v) is 38.4. The van der Waals surface area contributed by atoms with E-state index >= 15 is 0 Å². The van der Waals surface area contributed by atoms with E-state index in [1.165, 1.54) is 0 Å². The van der Waals surface area contributed by atoms with Crippen LogP contribution < -0.4 is 49.2 Å². The summed E-state index contributed by atoms with van der Waals surface area (Å²) in [6, 6.07) is 17.9. The van der Waals surface area contributed by atoms with Crippen LogP contribution in [0.2, 0.25) is 0 Å². The third-order valence-electron chi connectivity index (χ3n) is 6.04. The predicted molar refractivity (Wildman–Crippen MR) is 190 cm³/mol. The molecule has 0 fully saturated rings. The molecule has 0 saturated heterocycles. The number of halogens is 5. The molecule has 0 radical (unpaired) electrons. The first-order valence-corrected chi connectivity index (χ1v) is 41.4. The molecule has 0 atom stereocenters. The summed E-state index contributed by atoms with van der Waals surface area (Å²) >= 11 is 7.42. The van der Waals surface area contributed by atoms with Crippen LogP contribution in [0.15, 0.2) is 70.5 Å². The molecule has 2 aromatic carbocycles. The smallest absolute Gasteiger partial charge is 1.00 e. The number of anilines is 2. The Hall–Kier alpha value is -0.110. The Morgan fingerprint density at radius 1 is 0.600 bits per heavy atom. The van der Waals surface area contributed by atoms with E-state index in [1.807, 2.05) is 64.1 Å². The van der Waals surface area contributed by atoms with E-state index in [9.17, 15) is 16.8 Å². The van der Waals surface area contributed by atoms with Gasteiger partial charge in [0.05, 0.1) is 9.79 Å². The van der Waals surface area contributed by atoms with Gasteiger partial charge in [-0.3, -0.25) is 9.44 Å². The van der Waals surface area contributed by atoms with Crippen LogP contribution in [0.3, 0.4) is 0 Å². The van der Waals surface area contributed by atoms with Gasteiger partial charge in [0.1, 0.15) is 11.6 Å². The topological polar surface area (TPSA) is 118 Å². The molecule has 45 heavy (non-hydrogen) atoms. The van der Waals surface area contributed by atoms with Gasteiger partial charge in [0.25, 0.3) is 20.0 Å². The largest absolute Gasteiger partial charge is 1.00 e. The maximum Gasteiger partial charge on any atom is 1.00 e. The molecule has 15 heteroatoms. The molecule has 0 unspecified atom stereocenters. The minimum absolute atomic E-state index is 0. The van der Waals surface area contributed by atoms with Crippen LogP contribution in [0.4, 0.5) is 11.6 Å². The maximum absolute atomic E-state index is 12.5. The summed E-state index contributed by atoms with van der Waals surface area (Å²) < 4.78 is 55.1. The Balaban J connectivity index is 0.000000394. The molecule has 0 saturated carbocycles. The number of pyridine rings is 2. The second-order valence-corrected chi connectivity index (χ2v) is 62.1. The molecule has 2 heterocycles. The summed E-state index contributed by atoms with van der Waals surface area (Å²) in [6.45, 7) is 14.8. The van der Waals surface area contributed by atoms with Crippen molar-refractivity contribution in [3.63, 3.8) is 0 Å². The molecule has 2 N–H and O–H groups in total. The monoisotopic (exact) mass is 1220 g/mol. The van der Waals surface area contributed by atoms with Crippen LogP contribution >= 0.6 is 37.2 Å². The molecule has 0 aliphatic rings. The molecule has 0 aliphatic heterocycles. The van der Waals surface area contributed by atoms with Gasteiger partial charge in [-0.15, -0.1) is 0 Å². The summed E-state index contributed by atoms with van der Waals surface area (Å²) in [4.78, 5) is 8.99. The van der Waals surface area contributed by atoms with Crippen molar-refractivity contribution in [2.45, 2.75) is 65.2 Å². The number of nitrogens with zero attached hydrogens (tertiary/aromatic N) is 2. The summed E-state index contributed by atoms with van der Waals surface area (Å²) in [5.41, 5.74) is 6.58. The quantitative estimate of drug-likeness (QED) is 0.222. The van der Waals surface area contributed by atoms with Crippen molar-refractivity contribution in [2.24, 2.45) is 0 Å². The van der Waals surface area contributed by atoms with E-state index in [0.29, 0.717) is 21.4 Å². The first-order valence-electron chi connectivity index (χ1n) is 13.2. The summed E-state index contributed by atoms with van der Waals surface area (Å²) in [6.07, 6.45) is 0. The number of hydrogen-bond donors (Lipinski definition) is 2. The van der Waals surface area contributed by atoms with E-state index in [2.05, 4.69) is 56.6 Å². The number of hydrogen-bond acceptors (Lipinski definition) is 6. The number of benzene rings is 2. The zero-order valence-electron chi connectivity index (χ0n) is 27.0. The molecular formula is C30H37I5N4O4S2. The third kappa shape index (κ3) is 13.4. The van der Waals surface area contributed by atoms with Gasteiger partial charge in [0.15, 0.2) is 0 Å². The van der Waals surface area contributed by atoms with Crippen LogP contribution in [0.25, 0.3) is 0 Å². The van der Waals surface area contributed by atoms with E-state index in [4.69, 9.17) is 0 Å². The molecule has 8 nitrogen and oxygen atoms in total. The van der Waals surface area contributed by atoms with Crippen molar-refractivity contribution in [1.29, 1.82) is 0 Å². The number of sulfonamides is 2. The van der Waals surface area contributed by atoms with Crippen molar-refractivity contribution in [2.75, 3.05) is 9.44 Å². The van der Waals surface area contributed by atoms with Crippen LogP contribution in [0.1, 0.15) is 46.2 Å². The molecule has 248 valence electrons. The fraction of sp³-hybridized carbons (Fsp3) is 0.267. The van der Waals surface area contributed by atoms with Gasteiger partial charge in [-0.05, 0) is 102 Å². The van der Waals surface area contributed by atoms with Crippen molar-refractivity contribution >= 4 is 68.9 Å². The summed E-state index contributed by atoms with van der Waals surface area (Å²) in [5, 5.41) is 0. The molecule has 0 bridgehead atoms. The first-order chi connectivity index (χ1) is 21.0. The fourth-order valence-corrected chi connectivity index (χ4v) is 112. The second-order valence-electron chi connectivity index (χ2n) is 10.2. The molecule has 4 aromatic rings. The van der Waals surface area contributed by atoms with Crippen molar-refractivity contribution in [3.05, 3.63) is 105 Å². The molecule has 0 aliphatic carbocycles. The number of rotatable bonds is 8. The van der Waals surface area contributed by atoms with Crippen molar-refractivity contribution in [1.82, 2.24) is 9.97 Å². The SMILES string of the molecule is Cc1cc(C)c(S(=O)(=O)Nc2cccc(C)n2)c(C)c1.Cc1cc(C)c(S(=O)(=O)Nc2cccc(C)n2)c(C)c1.I[I-][I+][I-]I.[H+]. The van der Waals surface area contributed by atoms with Crippen LogP contribution in [-0.2, 0) is 20.0 Å². The van der Waals surface area contributed by atoms with E-state index in [-0.39, 0.29) is 1.43 Å². The average Bonchev–Trinajstić information content (AvgIpc) is 2.88. The number of nitrogens with one attached hydrogen (secondary N) is 2. The minimum Gasteiger partial charge on any atom is 1.00 e. The van der Waals surface area contributed by atoms with Gasteiger partial charge in [-0.2, -0.15) is 0 Å². The predicted octanol–water partition coefficient (Wildman–Crippen LogP) is -0.872. The van der Waals surface area contributed by atoms with Gasteiger partial charge in [-0.25, -0.2) is 26.8 Å². The Bertz CT molecular complexity index is 1670. The van der Waals surface area contributed by atoms with Crippen LogP contribution in [0.5, 0.6) is 0 Å². The van der Waals surface area contributed by atoms with Crippen LogP contribution in [0, 0.1) is 55.4 Å². The van der Waals surface area contributed by atoms with Gasteiger partial charge in [0.2, 0.25) is 0 Å². The minimum atomic E-state index is -3.62. The van der Waals surface area contributed by atoms with Gasteiger partial charge in [0, 0.05) is 11.4 Å². The molecule has 0 spiro atoms. The number of aromatic nitrogens is 2. The zero-order chi connectivity index (χ0) is 33.9. The fourth-order valence-electron chi connectivity index (χ4n) is 4.77. The van der Waals surface area contributed by atoms with E-state index in [0.717, 1.165) is 84.5 Å². The van der Waals surface area contributed by atoms with E-state index in [1.54, 1.807) is 52.0 Å². The third-order valence-corrected chi connectivity index (χ3v) is 92.0. The molecule has 4 rings (SSSR count). The molecule has 2 aromatic heterocycles. The first kappa shape index (κ1) is 41.1. The van der Waals surface area contributed by atoms with Crippen molar-refractivity contribution < 1.29 is 58.0 Å². The Kier molecular flexibility index (Phi) is 17.5. The molecule has 0 amide bonds. The average molecular weight is 1220 g/mol. The summed E-state index contributed by atoms with van der Waals surface area (Å²) in [5.74, 6) is 0.675. The summed E-state index contributed by atoms with van der Waals surface area (Å²) in [7, 11) is -7.24.